The van der Waals surface area contributed by atoms with E-state index in [9.17, 15) is 0 Å². The molecule has 1 aliphatic heterocycles. The molecule has 1 fully saturated rings. The zero-order valence-electron chi connectivity index (χ0n) is 7.42. The van der Waals surface area contributed by atoms with E-state index in [0.717, 1.165) is 6.54 Å². The molecule has 0 aromatic rings. The summed E-state index contributed by atoms with van der Waals surface area (Å²) in [5.74, 6) is 1.23. The van der Waals surface area contributed by atoms with Crippen molar-refractivity contribution < 1.29 is 0 Å². The number of hydrogen-bond donors (Lipinski definition) is 1. The van der Waals surface area contributed by atoms with Crippen molar-refractivity contribution in [2.24, 2.45) is 5.73 Å². The Balaban J connectivity index is 2.25. The van der Waals surface area contributed by atoms with Crippen molar-refractivity contribution in [1.29, 1.82) is 0 Å². The van der Waals surface area contributed by atoms with E-state index in [1.54, 1.807) is 0 Å². The van der Waals surface area contributed by atoms with Gasteiger partial charge in [0.2, 0.25) is 0 Å². The van der Waals surface area contributed by atoms with E-state index in [-0.39, 0.29) is 0 Å². The van der Waals surface area contributed by atoms with Crippen LogP contribution in [0.25, 0.3) is 0 Å². The van der Waals surface area contributed by atoms with Crippen molar-refractivity contribution in [2.45, 2.75) is 25.4 Å². The Bertz CT molecular complexity index is 119. The molecule has 1 aliphatic rings. The molecule has 1 heterocycles. The molecule has 1 rings (SSSR count). The molecule has 2 atom stereocenters. The highest BCUT2D eigenvalue weighted by atomic mass is 32.2. The number of nitrogens with two attached hydrogens (primary N) is 1. The van der Waals surface area contributed by atoms with Crippen molar-refractivity contribution >= 4 is 11.8 Å². The molecule has 0 saturated carbocycles. The molecule has 11 heavy (non-hydrogen) atoms. The van der Waals surface area contributed by atoms with Gasteiger partial charge in [-0.1, -0.05) is 0 Å². The molecule has 0 amide bonds. The molecule has 2 N–H and O–H groups in total. The first-order valence-corrected chi connectivity index (χ1v) is 5.62. The van der Waals surface area contributed by atoms with Crippen molar-refractivity contribution in [2.75, 3.05) is 25.1 Å². The number of likely N-dealkylation sites (tertiary alicyclic amines) is 1. The van der Waals surface area contributed by atoms with Crippen molar-refractivity contribution in [3.63, 3.8) is 0 Å². The van der Waals surface area contributed by atoms with Gasteiger partial charge in [-0.05, 0) is 19.6 Å². The van der Waals surface area contributed by atoms with Crippen molar-refractivity contribution in [3.8, 4) is 0 Å². The Labute approximate surface area is 73.5 Å². The van der Waals surface area contributed by atoms with Crippen LogP contribution in [0.4, 0.5) is 0 Å². The van der Waals surface area contributed by atoms with Crippen molar-refractivity contribution in [1.82, 2.24) is 4.90 Å². The fraction of sp³-hybridized carbons (Fsp3) is 1.00. The smallest absolute Gasteiger partial charge is 0.0180 e. The highest BCUT2D eigenvalue weighted by molar-refractivity contribution is 7.98. The molecule has 1 saturated heterocycles. The van der Waals surface area contributed by atoms with Gasteiger partial charge in [-0.3, -0.25) is 4.90 Å². The largest absolute Gasteiger partial charge is 0.326 e. The summed E-state index contributed by atoms with van der Waals surface area (Å²) in [7, 11) is 0. The second-order valence-corrected chi connectivity index (χ2v) is 4.26. The van der Waals surface area contributed by atoms with Crippen LogP contribution in [0.3, 0.4) is 0 Å². The van der Waals surface area contributed by atoms with Gasteiger partial charge in [0.1, 0.15) is 0 Å². The van der Waals surface area contributed by atoms with Crippen LogP contribution in [0.1, 0.15) is 13.3 Å². The summed E-state index contributed by atoms with van der Waals surface area (Å²) in [4.78, 5) is 2.49. The molecule has 0 aromatic heterocycles. The molecule has 0 bridgehead atoms. The van der Waals surface area contributed by atoms with Crippen molar-refractivity contribution in [3.05, 3.63) is 0 Å². The summed E-state index contributed by atoms with van der Waals surface area (Å²) in [5, 5.41) is 0. The van der Waals surface area contributed by atoms with Crippen LogP contribution in [0.2, 0.25) is 0 Å². The molecule has 0 radical (unpaired) electrons. The lowest BCUT2D eigenvalue weighted by molar-refractivity contribution is 0.276. The number of rotatable bonds is 3. The third-order valence-electron chi connectivity index (χ3n) is 2.29. The maximum Gasteiger partial charge on any atom is 0.0180 e. The van der Waals surface area contributed by atoms with Crippen LogP contribution in [-0.2, 0) is 0 Å². The molecule has 3 heteroatoms. The molecule has 0 spiro atoms. The highest BCUT2D eigenvalue weighted by Gasteiger charge is 2.22. The second-order valence-electron chi connectivity index (χ2n) is 3.35. The van der Waals surface area contributed by atoms with Crippen LogP contribution in [-0.4, -0.2) is 42.1 Å². The lowest BCUT2D eigenvalue weighted by Gasteiger charge is -2.22. The predicted molar refractivity (Wildman–Crippen MR) is 52.0 cm³/mol. The summed E-state index contributed by atoms with van der Waals surface area (Å²) >= 11 is 1.92. The minimum atomic E-state index is 0.430. The van der Waals surface area contributed by atoms with Crippen LogP contribution in [0, 0.1) is 0 Å². The number of hydrogen-bond acceptors (Lipinski definition) is 3. The number of nitrogens with zero attached hydrogens (tertiary/aromatic N) is 1. The molecule has 0 aliphatic carbocycles. The van der Waals surface area contributed by atoms with E-state index in [1.807, 2.05) is 11.8 Å². The molecule has 0 aromatic carbocycles. The van der Waals surface area contributed by atoms with Gasteiger partial charge in [0.15, 0.2) is 0 Å². The van der Waals surface area contributed by atoms with E-state index in [1.165, 1.54) is 18.7 Å². The van der Waals surface area contributed by atoms with E-state index < -0.39 is 0 Å². The Kier molecular flexibility index (Phi) is 3.69. The SMILES string of the molecule is CSCC(C)N1CCC(N)C1. The zero-order chi connectivity index (χ0) is 8.27. The Morgan fingerprint density at radius 3 is 2.91 bits per heavy atom. The summed E-state index contributed by atoms with van der Waals surface area (Å²) in [6, 6.07) is 1.14. The summed E-state index contributed by atoms with van der Waals surface area (Å²) < 4.78 is 0. The van der Waals surface area contributed by atoms with E-state index >= 15 is 0 Å². The van der Waals surface area contributed by atoms with E-state index in [0.29, 0.717) is 12.1 Å². The van der Waals surface area contributed by atoms with Gasteiger partial charge in [0, 0.05) is 30.9 Å². The van der Waals surface area contributed by atoms with Gasteiger partial charge >= 0.3 is 0 Å². The summed E-state index contributed by atoms with van der Waals surface area (Å²) in [5.41, 5.74) is 5.81. The van der Waals surface area contributed by atoms with Gasteiger partial charge in [0.05, 0.1) is 0 Å². The normalized spacial score (nSPS) is 29.2. The van der Waals surface area contributed by atoms with E-state index in [2.05, 4.69) is 18.1 Å². The minimum Gasteiger partial charge on any atom is -0.326 e. The lowest BCUT2D eigenvalue weighted by atomic mass is 10.3. The average Bonchev–Trinajstić information content (AvgIpc) is 2.36. The maximum atomic E-state index is 5.81. The van der Waals surface area contributed by atoms with Crippen LogP contribution >= 0.6 is 11.8 Å². The summed E-state index contributed by atoms with van der Waals surface area (Å²) in [6.45, 7) is 4.58. The van der Waals surface area contributed by atoms with Crippen LogP contribution in [0.15, 0.2) is 0 Å². The quantitative estimate of drug-likeness (QED) is 0.685. The third-order valence-corrected chi connectivity index (χ3v) is 3.10. The molecule has 2 unspecified atom stereocenters. The summed E-state index contributed by atoms with van der Waals surface area (Å²) in [6.07, 6.45) is 3.34. The molecule has 2 nitrogen and oxygen atoms in total. The molecule has 66 valence electrons. The first-order valence-electron chi connectivity index (χ1n) is 4.22. The van der Waals surface area contributed by atoms with Crippen LogP contribution in [0.5, 0.6) is 0 Å². The number of thioether (sulfide) groups is 1. The average molecular weight is 174 g/mol. The van der Waals surface area contributed by atoms with Gasteiger partial charge in [-0.15, -0.1) is 0 Å². The topological polar surface area (TPSA) is 29.3 Å². The van der Waals surface area contributed by atoms with Gasteiger partial charge in [-0.25, -0.2) is 0 Å². The zero-order valence-corrected chi connectivity index (χ0v) is 8.23. The van der Waals surface area contributed by atoms with Gasteiger partial charge < -0.3 is 5.73 Å². The monoisotopic (exact) mass is 174 g/mol. The third kappa shape index (κ3) is 2.65. The fourth-order valence-electron chi connectivity index (χ4n) is 1.56. The van der Waals surface area contributed by atoms with Gasteiger partial charge in [-0.2, -0.15) is 11.8 Å². The second kappa shape index (κ2) is 4.33. The van der Waals surface area contributed by atoms with Crippen LogP contribution < -0.4 is 5.73 Å². The van der Waals surface area contributed by atoms with Gasteiger partial charge in [0.25, 0.3) is 0 Å². The molecular formula is C8H18N2S. The predicted octanol–water partition coefficient (Wildman–Crippen LogP) is 0.771. The maximum absolute atomic E-state index is 5.81. The first kappa shape index (κ1) is 9.36. The van der Waals surface area contributed by atoms with E-state index in [4.69, 9.17) is 5.73 Å². The Morgan fingerprint density at radius 1 is 1.73 bits per heavy atom. The fourth-order valence-corrected chi connectivity index (χ4v) is 2.26. The standard InChI is InChI=1S/C8H18N2S/c1-7(6-11-2)10-4-3-8(9)5-10/h7-8H,3-6,9H2,1-2H3. The Morgan fingerprint density at radius 2 is 2.45 bits per heavy atom. The minimum absolute atomic E-state index is 0.430. The first-order chi connectivity index (χ1) is 5.24. The Hall–Kier alpha value is 0.270. The molecular weight excluding hydrogens is 156 g/mol. The lowest BCUT2D eigenvalue weighted by Crippen LogP contribution is -2.35. The highest BCUT2D eigenvalue weighted by Crippen LogP contribution is 2.13.